The molecule has 150 valence electrons. The first-order valence-corrected chi connectivity index (χ1v) is 10.7. The number of benzene rings is 2. The van der Waals surface area contributed by atoms with E-state index in [2.05, 4.69) is 32.4 Å². The number of Topliss-reactive ketones (excluding diaryl/α,β-unsaturated/α-hetero) is 1. The summed E-state index contributed by atoms with van der Waals surface area (Å²) in [5, 5.41) is 0. The molecular formula is C22H22IN3O3. The third-order valence-electron chi connectivity index (χ3n) is 5.60. The van der Waals surface area contributed by atoms with Crippen molar-refractivity contribution < 1.29 is 14.4 Å². The maximum Gasteiger partial charge on any atom is 0.251 e. The van der Waals surface area contributed by atoms with Gasteiger partial charge in [-0.1, -0.05) is 0 Å². The number of rotatable bonds is 4. The molecule has 0 N–H and O–H groups in total. The van der Waals surface area contributed by atoms with Crippen LogP contribution in [0.5, 0.6) is 0 Å². The van der Waals surface area contributed by atoms with Crippen molar-refractivity contribution in [1.82, 2.24) is 4.90 Å². The van der Waals surface area contributed by atoms with Crippen LogP contribution in [-0.4, -0.2) is 54.7 Å². The van der Waals surface area contributed by atoms with E-state index in [4.69, 9.17) is 0 Å². The summed E-state index contributed by atoms with van der Waals surface area (Å²) in [6.45, 7) is 4.56. The number of carbonyl (C=O) groups is 3. The number of halogens is 1. The average Bonchev–Trinajstić information content (AvgIpc) is 3.03. The Balaban J connectivity index is 1.41. The van der Waals surface area contributed by atoms with Crippen molar-refractivity contribution in [1.29, 1.82) is 0 Å². The van der Waals surface area contributed by atoms with Gasteiger partial charge in [-0.25, -0.2) is 4.90 Å². The van der Waals surface area contributed by atoms with E-state index in [9.17, 15) is 14.4 Å². The number of hydrogen-bond acceptors (Lipinski definition) is 5. The van der Waals surface area contributed by atoms with Crippen LogP contribution in [0.2, 0.25) is 0 Å². The van der Waals surface area contributed by atoms with Gasteiger partial charge in [-0.05, 0) is 78.0 Å². The van der Waals surface area contributed by atoms with Gasteiger partial charge in [0.15, 0.2) is 5.78 Å². The fraction of sp³-hybridized carbons (Fsp3) is 0.318. The van der Waals surface area contributed by atoms with Crippen LogP contribution in [0.3, 0.4) is 0 Å². The van der Waals surface area contributed by atoms with Gasteiger partial charge in [0.1, 0.15) is 0 Å². The Morgan fingerprint density at radius 1 is 0.897 bits per heavy atom. The quantitative estimate of drug-likeness (QED) is 0.365. The first-order valence-electron chi connectivity index (χ1n) is 9.66. The molecule has 0 aliphatic carbocycles. The Labute approximate surface area is 183 Å². The minimum Gasteiger partial charge on any atom is -0.369 e. The molecule has 2 aliphatic rings. The summed E-state index contributed by atoms with van der Waals surface area (Å²) in [7, 11) is 0. The normalized spacial score (nSPS) is 20.4. The highest BCUT2D eigenvalue weighted by Gasteiger charge is 2.43. The van der Waals surface area contributed by atoms with Gasteiger partial charge in [-0.3, -0.25) is 19.3 Å². The lowest BCUT2D eigenvalue weighted by Gasteiger charge is -2.38. The van der Waals surface area contributed by atoms with Gasteiger partial charge in [0, 0.05) is 41.0 Å². The molecule has 0 spiro atoms. The van der Waals surface area contributed by atoms with Crippen LogP contribution in [0.4, 0.5) is 11.4 Å². The molecule has 0 aromatic heterocycles. The summed E-state index contributed by atoms with van der Waals surface area (Å²) in [5.74, 6) is -0.206. The number of ketones is 1. The van der Waals surface area contributed by atoms with Crippen LogP contribution in [0.1, 0.15) is 23.7 Å². The van der Waals surface area contributed by atoms with E-state index in [1.165, 1.54) is 4.90 Å². The number of hydrogen-bond donors (Lipinski definition) is 0. The van der Waals surface area contributed by atoms with Crippen LogP contribution in [0.25, 0.3) is 0 Å². The summed E-state index contributed by atoms with van der Waals surface area (Å²) >= 11 is 2.20. The van der Waals surface area contributed by atoms with E-state index in [0.717, 1.165) is 35.4 Å². The molecule has 7 heteroatoms. The molecule has 2 fully saturated rings. The molecule has 29 heavy (non-hydrogen) atoms. The van der Waals surface area contributed by atoms with Gasteiger partial charge in [-0.15, -0.1) is 0 Å². The minimum absolute atomic E-state index is 0.0588. The third kappa shape index (κ3) is 4.06. The minimum atomic E-state index is -0.385. The maximum atomic E-state index is 13.0. The Morgan fingerprint density at radius 3 is 2.07 bits per heavy atom. The number of nitrogens with zero attached hydrogens (tertiary/aromatic N) is 3. The number of imide groups is 1. The van der Waals surface area contributed by atoms with Crippen molar-refractivity contribution in [2.45, 2.75) is 19.4 Å². The van der Waals surface area contributed by atoms with Crippen molar-refractivity contribution in [3.05, 3.63) is 57.7 Å². The van der Waals surface area contributed by atoms with Gasteiger partial charge in [0.25, 0.3) is 5.91 Å². The lowest BCUT2D eigenvalue weighted by Crippen LogP contribution is -2.52. The Morgan fingerprint density at radius 2 is 1.48 bits per heavy atom. The van der Waals surface area contributed by atoms with E-state index in [1.54, 1.807) is 6.92 Å². The highest BCUT2D eigenvalue weighted by Crippen LogP contribution is 2.27. The predicted octanol–water partition coefficient (Wildman–Crippen LogP) is 2.95. The van der Waals surface area contributed by atoms with Crippen molar-refractivity contribution in [2.75, 3.05) is 36.0 Å². The van der Waals surface area contributed by atoms with E-state index in [0.29, 0.717) is 11.3 Å². The Kier molecular flexibility index (Phi) is 5.69. The zero-order valence-corrected chi connectivity index (χ0v) is 18.3. The van der Waals surface area contributed by atoms with Crippen molar-refractivity contribution in [3.63, 3.8) is 0 Å². The SMILES string of the molecule is CC(=O)c1ccc(N2CCN([C@H]3CC(=O)N(c4ccc(I)cc4)C3=O)CC2)cc1. The second-order valence-electron chi connectivity index (χ2n) is 7.39. The Bertz CT molecular complexity index is 935. The summed E-state index contributed by atoms with van der Waals surface area (Å²) < 4.78 is 1.06. The average molecular weight is 503 g/mol. The number of amides is 2. The topological polar surface area (TPSA) is 60.9 Å². The largest absolute Gasteiger partial charge is 0.369 e. The highest BCUT2D eigenvalue weighted by molar-refractivity contribution is 14.1. The molecule has 6 nitrogen and oxygen atoms in total. The molecular weight excluding hydrogens is 481 g/mol. The summed E-state index contributed by atoms with van der Waals surface area (Å²) in [4.78, 5) is 42.6. The van der Waals surface area contributed by atoms with Crippen molar-refractivity contribution in [3.8, 4) is 0 Å². The molecule has 2 aromatic carbocycles. The van der Waals surface area contributed by atoms with Crippen LogP contribution in [-0.2, 0) is 9.59 Å². The molecule has 2 aromatic rings. The van der Waals surface area contributed by atoms with Gasteiger partial charge in [0.05, 0.1) is 18.2 Å². The molecule has 0 radical (unpaired) electrons. The van der Waals surface area contributed by atoms with Gasteiger partial charge < -0.3 is 4.90 Å². The van der Waals surface area contributed by atoms with Crippen LogP contribution in [0, 0.1) is 3.57 Å². The van der Waals surface area contributed by atoms with E-state index in [-0.39, 0.29) is 30.1 Å². The molecule has 1 atom stereocenters. The standard InChI is InChI=1S/C22H22IN3O3/c1-15(27)16-2-6-18(7-3-16)24-10-12-25(13-11-24)20-14-21(28)26(22(20)29)19-8-4-17(23)5-9-19/h2-9,20H,10-14H2,1H3/t20-/m0/s1. The zero-order chi connectivity index (χ0) is 20.5. The number of piperazine rings is 1. The highest BCUT2D eigenvalue weighted by atomic mass is 127. The summed E-state index contributed by atoms with van der Waals surface area (Å²) in [6.07, 6.45) is 0.234. The molecule has 0 saturated carbocycles. The summed E-state index contributed by atoms with van der Waals surface area (Å²) in [5.41, 5.74) is 2.43. The molecule has 0 bridgehead atoms. The Hall–Kier alpha value is -2.26. The molecule has 2 heterocycles. The smallest absolute Gasteiger partial charge is 0.251 e. The first-order chi connectivity index (χ1) is 13.9. The van der Waals surface area contributed by atoms with Gasteiger partial charge in [0.2, 0.25) is 5.91 Å². The third-order valence-corrected chi connectivity index (χ3v) is 6.32. The van der Waals surface area contributed by atoms with E-state index >= 15 is 0 Å². The van der Waals surface area contributed by atoms with Crippen LogP contribution in [0.15, 0.2) is 48.5 Å². The van der Waals surface area contributed by atoms with E-state index < -0.39 is 0 Å². The van der Waals surface area contributed by atoms with Crippen LogP contribution < -0.4 is 9.80 Å². The lowest BCUT2D eigenvalue weighted by atomic mass is 10.1. The summed E-state index contributed by atoms with van der Waals surface area (Å²) in [6, 6.07) is 14.7. The number of anilines is 2. The van der Waals surface area contributed by atoms with Gasteiger partial charge >= 0.3 is 0 Å². The van der Waals surface area contributed by atoms with Gasteiger partial charge in [-0.2, -0.15) is 0 Å². The van der Waals surface area contributed by atoms with E-state index in [1.807, 2.05) is 48.5 Å². The molecule has 4 rings (SSSR count). The predicted molar refractivity (Wildman–Crippen MR) is 120 cm³/mol. The second kappa shape index (κ2) is 8.23. The fourth-order valence-electron chi connectivity index (χ4n) is 3.96. The fourth-order valence-corrected chi connectivity index (χ4v) is 4.32. The first kappa shape index (κ1) is 20.0. The maximum absolute atomic E-state index is 13.0. The molecule has 0 unspecified atom stereocenters. The number of carbonyl (C=O) groups excluding carboxylic acids is 3. The van der Waals surface area contributed by atoms with Crippen molar-refractivity contribution in [2.24, 2.45) is 0 Å². The second-order valence-corrected chi connectivity index (χ2v) is 8.64. The van der Waals surface area contributed by atoms with Crippen molar-refractivity contribution >= 4 is 51.6 Å². The zero-order valence-electron chi connectivity index (χ0n) is 16.2. The monoisotopic (exact) mass is 503 g/mol. The molecule has 2 saturated heterocycles. The lowest BCUT2D eigenvalue weighted by molar-refractivity contribution is -0.123. The molecule has 2 aliphatic heterocycles. The molecule has 2 amide bonds. The van der Waals surface area contributed by atoms with Crippen LogP contribution >= 0.6 is 22.6 Å².